The highest BCUT2D eigenvalue weighted by Crippen LogP contribution is 2.53. The molecule has 0 spiro atoms. The van der Waals surface area contributed by atoms with Crippen molar-refractivity contribution in [2.45, 2.75) is 38.5 Å². The molecule has 0 saturated heterocycles. The minimum Gasteiger partial charge on any atom is -0.481 e. The van der Waals surface area contributed by atoms with E-state index in [9.17, 15) is 4.79 Å². The van der Waals surface area contributed by atoms with Gasteiger partial charge >= 0.3 is 5.97 Å². The molecule has 0 aliphatic heterocycles. The molecule has 1 N–H and O–H groups in total. The van der Waals surface area contributed by atoms with Crippen molar-refractivity contribution in [1.82, 2.24) is 0 Å². The largest absolute Gasteiger partial charge is 0.481 e. The lowest BCUT2D eigenvalue weighted by atomic mass is 10.0. The first kappa shape index (κ1) is 8.09. The van der Waals surface area contributed by atoms with Crippen LogP contribution < -0.4 is 0 Å². The maximum absolute atomic E-state index is 10.8. The van der Waals surface area contributed by atoms with Gasteiger partial charge in [0.15, 0.2) is 0 Å². The predicted molar refractivity (Wildman–Crippen MR) is 45.8 cm³/mol. The van der Waals surface area contributed by atoms with Gasteiger partial charge in [-0.15, -0.1) is 0 Å². The van der Waals surface area contributed by atoms with E-state index in [1.54, 1.807) is 0 Å². The quantitative estimate of drug-likeness (QED) is 0.652. The molecule has 12 heavy (non-hydrogen) atoms. The van der Waals surface area contributed by atoms with Gasteiger partial charge in [0.1, 0.15) is 0 Å². The molecular weight excluding hydrogens is 152 g/mol. The van der Waals surface area contributed by atoms with Crippen LogP contribution in [0.2, 0.25) is 0 Å². The molecule has 0 heterocycles. The van der Waals surface area contributed by atoms with E-state index in [4.69, 9.17) is 5.11 Å². The molecule has 2 nitrogen and oxygen atoms in total. The monoisotopic (exact) mass is 168 g/mol. The molecule has 2 aliphatic carbocycles. The van der Waals surface area contributed by atoms with E-state index in [1.807, 2.05) is 0 Å². The third-order valence-electron chi connectivity index (χ3n) is 3.44. The van der Waals surface area contributed by atoms with Crippen molar-refractivity contribution in [3.8, 4) is 0 Å². The van der Waals surface area contributed by atoms with Gasteiger partial charge in [-0.1, -0.05) is 25.7 Å². The summed E-state index contributed by atoms with van der Waals surface area (Å²) in [4.78, 5) is 10.8. The Morgan fingerprint density at radius 1 is 1.00 bits per heavy atom. The van der Waals surface area contributed by atoms with Crippen LogP contribution in [0.15, 0.2) is 0 Å². The Balaban J connectivity index is 1.93. The fraction of sp³-hybridized carbons (Fsp3) is 0.900. The predicted octanol–water partition coefficient (Wildman–Crippen LogP) is 2.29. The minimum atomic E-state index is -0.549. The minimum absolute atomic E-state index is 0.0306. The summed E-state index contributed by atoms with van der Waals surface area (Å²) in [7, 11) is 0. The zero-order valence-electron chi connectivity index (χ0n) is 7.33. The van der Waals surface area contributed by atoms with Gasteiger partial charge in [-0.3, -0.25) is 4.79 Å². The molecule has 2 fully saturated rings. The molecule has 2 atom stereocenters. The van der Waals surface area contributed by atoms with Crippen molar-refractivity contribution >= 4 is 5.97 Å². The van der Waals surface area contributed by atoms with Crippen LogP contribution in [-0.4, -0.2) is 11.1 Å². The van der Waals surface area contributed by atoms with E-state index in [1.165, 1.54) is 38.5 Å². The fourth-order valence-corrected chi connectivity index (χ4v) is 2.71. The van der Waals surface area contributed by atoms with Crippen molar-refractivity contribution in [3.05, 3.63) is 0 Å². The van der Waals surface area contributed by atoms with Crippen molar-refractivity contribution in [2.24, 2.45) is 17.8 Å². The SMILES string of the molecule is O=C(O)C1[C@H]2CCCCCC[C@H]12. The van der Waals surface area contributed by atoms with Crippen LogP contribution in [0.5, 0.6) is 0 Å². The molecule has 0 aromatic heterocycles. The molecule has 0 aromatic rings. The molecule has 0 unspecified atom stereocenters. The van der Waals surface area contributed by atoms with E-state index < -0.39 is 5.97 Å². The van der Waals surface area contributed by atoms with Crippen LogP contribution in [0, 0.1) is 17.8 Å². The normalized spacial score (nSPS) is 40.8. The summed E-state index contributed by atoms with van der Waals surface area (Å²) in [5.41, 5.74) is 0. The van der Waals surface area contributed by atoms with Gasteiger partial charge in [-0.25, -0.2) is 0 Å². The number of hydrogen-bond donors (Lipinski definition) is 1. The van der Waals surface area contributed by atoms with Crippen LogP contribution >= 0.6 is 0 Å². The zero-order chi connectivity index (χ0) is 8.55. The van der Waals surface area contributed by atoms with Crippen LogP contribution in [-0.2, 0) is 4.79 Å². The van der Waals surface area contributed by atoms with Gasteiger partial charge in [0.2, 0.25) is 0 Å². The third-order valence-corrected chi connectivity index (χ3v) is 3.44. The number of carbonyl (C=O) groups is 1. The first-order valence-corrected chi connectivity index (χ1v) is 5.03. The van der Waals surface area contributed by atoms with E-state index >= 15 is 0 Å². The number of hydrogen-bond acceptors (Lipinski definition) is 1. The molecule has 2 rings (SSSR count). The molecular formula is C10H16O2. The van der Waals surface area contributed by atoms with Crippen LogP contribution in [0.1, 0.15) is 38.5 Å². The van der Waals surface area contributed by atoms with E-state index in [-0.39, 0.29) is 5.92 Å². The number of aliphatic carboxylic acids is 1. The smallest absolute Gasteiger partial charge is 0.307 e. The van der Waals surface area contributed by atoms with Gasteiger partial charge in [0.25, 0.3) is 0 Å². The highest BCUT2D eigenvalue weighted by atomic mass is 16.4. The Bertz CT molecular complexity index is 174. The van der Waals surface area contributed by atoms with E-state index in [2.05, 4.69) is 0 Å². The van der Waals surface area contributed by atoms with Gasteiger partial charge in [0.05, 0.1) is 5.92 Å². The lowest BCUT2D eigenvalue weighted by Crippen LogP contribution is -2.00. The number of rotatable bonds is 1. The lowest BCUT2D eigenvalue weighted by Gasteiger charge is -2.04. The average Bonchev–Trinajstić information content (AvgIpc) is 2.60. The summed E-state index contributed by atoms with van der Waals surface area (Å²) < 4.78 is 0. The van der Waals surface area contributed by atoms with E-state index in [0.717, 1.165) is 0 Å². The standard InChI is InChI=1S/C10H16O2/c11-10(12)9-7-5-3-1-2-4-6-8(7)9/h7-9H,1-6H2,(H,11,12)/t7-,8-/m0/s1. The Morgan fingerprint density at radius 3 is 1.92 bits per heavy atom. The third kappa shape index (κ3) is 1.35. The summed E-state index contributed by atoms with van der Waals surface area (Å²) in [5.74, 6) is 0.570. The highest BCUT2D eigenvalue weighted by Gasteiger charge is 2.53. The first-order chi connectivity index (χ1) is 5.80. The Morgan fingerprint density at radius 2 is 1.50 bits per heavy atom. The maximum atomic E-state index is 10.8. The topological polar surface area (TPSA) is 37.3 Å². The summed E-state index contributed by atoms with van der Waals surface area (Å²) in [6, 6.07) is 0. The van der Waals surface area contributed by atoms with Crippen molar-refractivity contribution in [1.29, 1.82) is 0 Å². The summed E-state index contributed by atoms with van der Waals surface area (Å²) >= 11 is 0. The number of carboxylic acids is 1. The first-order valence-electron chi connectivity index (χ1n) is 5.03. The van der Waals surface area contributed by atoms with Gasteiger partial charge in [0, 0.05) is 0 Å². The highest BCUT2D eigenvalue weighted by molar-refractivity contribution is 5.74. The second kappa shape index (κ2) is 3.08. The zero-order valence-corrected chi connectivity index (χ0v) is 7.33. The molecule has 0 amide bonds. The van der Waals surface area contributed by atoms with Crippen LogP contribution in [0.25, 0.3) is 0 Å². The average molecular weight is 168 g/mol. The molecule has 68 valence electrons. The Kier molecular flexibility index (Phi) is 2.07. The summed E-state index contributed by atoms with van der Waals surface area (Å²) in [5, 5.41) is 8.87. The number of carboxylic acid groups (broad SMARTS) is 1. The van der Waals surface area contributed by atoms with Gasteiger partial charge < -0.3 is 5.11 Å². The lowest BCUT2D eigenvalue weighted by molar-refractivity contribution is -0.139. The van der Waals surface area contributed by atoms with Crippen LogP contribution in [0.4, 0.5) is 0 Å². The second-order valence-electron chi connectivity index (χ2n) is 4.18. The van der Waals surface area contributed by atoms with Gasteiger partial charge in [-0.05, 0) is 24.7 Å². The van der Waals surface area contributed by atoms with Crippen LogP contribution in [0.3, 0.4) is 0 Å². The van der Waals surface area contributed by atoms with Gasteiger partial charge in [-0.2, -0.15) is 0 Å². The second-order valence-corrected chi connectivity index (χ2v) is 4.18. The molecule has 0 aromatic carbocycles. The number of fused-ring (bicyclic) bond motifs is 1. The van der Waals surface area contributed by atoms with E-state index in [0.29, 0.717) is 11.8 Å². The molecule has 2 aliphatic rings. The molecule has 2 heteroatoms. The molecule has 0 radical (unpaired) electrons. The Hall–Kier alpha value is -0.530. The van der Waals surface area contributed by atoms with Crippen molar-refractivity contribution in [2.75, 3.05) is 0 Å². The van der Waals surface area contributed by atoms with Crippen molar-refractivity contribution in [3.63, 3.8) is 0 Å². The summed E-state index contributed by atoms with van der Waals surface area (Å²) in [6.07, 6.45) is 7.48. The molecule has 0 bridgehead atoms. The summed E-state index contributed by atoms with van der Waals surface area (Å²) in [6.45, 7) is 0. The van der Waals surface area contributed by atoms with Crippen molar-refractivity contribution < 1.29 is 9.90 Å². The molecule has 2 saturated carbocycles. The fourth-order valence-electron chi connectivity index (χ4n) is 2.71. The maximum Gasteiger partial charge on any atom is 0.307 e. The Labute approximate surface area is 73.0 Å².